The summed E-state index contributed by atoms with van der Waals surface area (Å²) in [6.45, 7) is 6.78. The minimum Gasteiger partial charge on any atom is -0.508 e. The Morgan fingerprint density at radius 1 is 1.03 bits per heavy atom. The number of piperidine rings is 1. The van der Waals surface area contributed by atoms with Gasteiger partial charge in [0.25, 0.3) is 0 Å². The van der Waals surface area contributed by atoms with Crippen molar-refractivity contribution in [3.8, 4) is 5.75 Å². The summed E-state index contributed by atoms with van der Waals surface area (Å²) in [6, 6.07) is 19.1. The fraction of sp³-hybridized carbons (Fsp3) is 0.360. The molecule has 2 aromatic carbocycles. The number of hydrogen-bond donors (Lipinski definition) is 3. The third-order valence-corrected chi connectivity index (χ3v) is 6.48. The minimum absolute atomic E-state index is 0.0604. The fourth-order valence-corrected chi connectivity index (χ4v) is 4.89. The quantitative estimate of drug-likeness (QED) is 0.511. The van der Waals surface area contributed by atoms with E-state index in [9.17, 15) is 5.11 Å². The average Bonchev–Trinajstić information content (AvgIpc) is 2.74. The Balaban J connectivity index is 0.000000401. The fourth-order valence-electron chi connectivity index (χ4n) is 4.89. The summed E-state index contributed by atoms with van der Waals surface area (Å²) in [4.78, 5) is 20.8. The number of aliphatic carboxylic acids is 2. The highest BCUT2D eigenvalue weighted by molar-refractivity contribution is 6.27. The molecule has 6 heteroatoms. The van der Waals surface area contributed by atoms with Crippen LogP contribution in [0.3, 0.4) is 0 Å². The molecule has 6 nitrogen and oxygen atoms in total. The largest absolute Gasteiger partial charge is 0.508 e. The standard InChI is InChI=1S/C23H27NO.C2H2O4/c1-18-22-11-6-13-23(18,20-9-5-10-21(25)17-20)14-16-24(22)15-12-19-7-3-2-4-8-19;3-1(4)2(5)6/h2-5,7-10,17,22,25H,1,6,11-16H2;(H,3,4)(H,5,6)/t22-,23+;/m0./s1. The van der Waals surface area contributed by atoms with Crippen molar-refractivity contribution in [1.82, 2.24) is 4.90 Å². The van der Waals surface area contributed by atoms with Crippen molar-refractivity contribution in [3.05, 3.63) is 77.9 Å². The zero-order chi connectivity index (χ0) is 22.4. The van der Waals surface area contributed by atoms with E-state index in [4.69, 9.17) is 19.8 Å². The van der Waals surface area contributed by atoms with Crippen molar-refractivity contribution < 1.29 is 24.9 Å². The topological polar surface area (TPSA) is 98.1 Å². The number of phenols is 1. The molecule has 1 saturated carbocycles. The second-order valence-corrected chi connectivity index (χ2v) is 8.20. The molecule has 0 aromatic heterocycles. The number of rotatable bonds is 4. The monoisotopic (exact) mass is 423 g/mol. The molecule has 2 aromatic rings. The maximum absolute atomic E-state index is 9.95. The van der Waals surface area contributed by atoms with Crippen molar-refractivity contribution in [2.45, 2.75) is 43.6 Å². The molecule has 2 atom stereocenters. The van der Waals surface area contributed by atoms with E-state index in [1.54, 1.807) is 6.07 Å². The highest BCUT2D eigenvalue weighted by Gasteiger charge is 2.46. The number of likely N-dealkylation sites (tertiary alicyclic amines) is 1. The maximum atomic E-state index is 9.95. The van der Waals surface area contributed by atoms with Crippen molar-refractivity contribution in [2.75, 3.05) is 13.1 Å². The number of carbonyl (C=O) groups is 2. The number of benzene rings is 2. The van der Waals surface area contributed by atoms with Gasteiger partial charge in [-0.1, -0.05) is 55.5 Å². The maximum Gasteiger partial charge on any atom is 0.414 e. The van der Waals surface area contributed by atoms with E-state index in [-0.39, 0.29) is 5.41 Å². The number of fused-ring (bicyclic) bond motifs is 2. The van der Waals surface area contributed by atoms with E-state index >= 15 is 0 Å². The van der Waals surface area contributed by atoms with Gasteiger partial charge in [-0.05, 0) is 61.1 Å². The van der Waals surface area contributed by atoms with Crippen LogP contribution in [0.25, 0.3) is 0 Å². The summed E-state index contributed by atoms with van der Waals surface area (Å²) in [5.41, 5.74) is 4.09. The Kier molecular flexibility index (Phi) is 7.13. The van der Waals surface area contributed by atoms with Gasteiger partial charge >= 0.3 is 11.9 Å². The molecule has 2 fully saturated rings. The number of hydrogen-bond acceptors (Lipinski definition) is 4. The molecular weight excluding hydrogens is 394 g/mol. The van der Waals surface area contributed by atoms with Crippen LogP contribution in [0.2, 0.25) is 0 Å². The zero-order valence-electron chi connectivity index (χ0n) is 17.5. The van der Waals surface area contributed by atoms with Gasteiger partial charge in [-0.2, -0.15) is 0 Å². The highest BCUT2D eigenvalue weighted by atomic mass is 16.4. The number of aromatic hydroxyl groups is 1. The predicted octanol–water partition coefficient (Wildman–Crippen LogP) is 3.84. The lowest BCUT2D eigenvalue weighted by molar-refractivity contribution is -0.159. The molecule has 0 spiro atoms. The lowest BCUT2D eigenvalue weighted by atomic mass is 9.60. The van der Waals surface area contributed by atoms with E-state index in [2.05, 4.69) is 47.9 Å². The number of carboxylic acid groups (broad SMARTS) is 2. The number of phenolic OH excluding ortho intramolecular Hbond substituents is 1. The van der Waals surface area contributed by atoms with Gasteiger partial charge in [0.05, 0.1) is 0 Å². The van der Waals surface area contributed by atoms with Crippen LogP contribution in [-0.4, -0.2) is 51.3 Å². The summed E-state index contributed by atoms with van der Waals surface area (Å²) in [5, 5.41) is 24.7. The van der Waals surface area contributed by atoms with Crippen LogP contribution < -0.4 is 0 Å². The lowest BCUT2D eigenvalue weighted by Crippen LogP contribution is -2.53. The molecule has 1 saturated heterocycles. The molecule has 31 heavy (non-hydrogen) atoms. The van der Waals surface area contributed by atoms with Crippen LogP contribution in [0, 0.1) is 0 Å². The third kappa shape index (κ3) is 5.14. The molecule has 4 rings (SSSR count). The molecule has 3 N–H and O–H groups in total. The van der Waals surface area contributed by atoms with E-state index in [0.717, 1.165) is 32.4 Å². The normalized spacial score (nSPS) is 22.8. The molecule has 1 aliphatic heterocycles. The molecule has 2 bridgehead atoms. The number of carboxylic acids is 2. The van der Waals surface area contributed by atoms with E-state index in [1.807, 2.05) is 12.1 Å². The summed E-state index contributed by atoms with van der Waals surface area (Å²) < 4.78 is 0. The van der Waals surface area contributed by atoms with Gasteiger partial charge in [-0.3, -0.25) is 4.90 Å². The van der Waals surface area contributed by atoms with Gasteiger partial charge in [-0.25, -0.2) is 9.59 Å². The van der Waals surface area contributed by atoms with Crippen LogP contribution >= 0.6 is 0 Å². The molecule has 2 aliphatic rings. The van der Waals surface area contributed by atoms with Crippen molar-refractivity contribution in [2.24, 2.45) is 0 Å². The smallest absolute Gasteiger partial charge is 0.414 e. The van der Waals surface area contributed by atoms with Gasteiger partial charge < -0.3 is 15.3 Å². The summed E-state index contributed by atoms with van der Waals surface area (Å²) in [7, 11) is 0. The van der Waals surface area contributed by atoms with Gasteiger partial charge in [0.2, 0.25) is 0 Å². The van der Waals surface area contributed by atoms with E-state index in [0.29, 0.717) is 11.8 Å². The summed E-state index contributed by atoms with van der Waals surface area (Å²) in [5.74, 6) is -3.28. The summed E-state index contributed by atoms with van der Waals surface area (Å²) in [6.07, 6.45) is 5.83. The third-order valence-electron chi connectivity index (χ3n) is 6.48. The first kappa shape index (κ1) is 22.6. The van der Waals surface area contributed by atoms with E-state index < -0.39 is 11.9 Å². The van der Waals surface area contributed by atoms with Gasteiger partial charge in [0.15, 0.2) is 0 Å². The first-order chi connectivity index (χ1) is 14.8. The second kappa shape index (κ2) is 9.79. The first-order valence-electron chi connectivity index (χ1n) is 10.6. The van der Waals surface area contributed by atoms with Crippen molar-refractivity contribution in [3.63, 3.8) is 0 Å². The molecule has 0 radical (unpaired) electrons. The van der Waals surface area contributed by atoms with Gasteiger partial charge in [-0.15, -0.1) is 0 Å². The predicted molar refractivity (Wildman–Crippen MR) is 118 cm³/mol. The highest BCUT2D eigenvalue weighted by Crippen LogP contribution is 2.50. The molecule has 0 amide bonds. The molecular formula is C25H29NO5. The van der Waals surface area contributed by atoms with Gasteiger partial charge in [0, 0.05) is 18.0 Å². The molecule has 164 valence electrons. The Hall–Kier alpha value is -3.12. The SMILES string of the molecule is C=C1[C@@H]2CCC[C@@]1(c1cccc(O)c1)CCN2CCc1ccccc1.O=C(O)C(=O)O. The second-order valence-electron chi connectivity index (χ2n) is 8.20. The molecule has 1 aliphatic carbocycles. The Morgan fingerprint density at radius 3 is 2.39 bits per heavy atom. The molecule has 1 heterocycles. The van der Waals surface area contributed by atoms with Crippen LogP contribution in [0.5, 0.6) is 5.75 Å². The Morgan fingerprint density at radius 2 is 1.74 bits per heavy atom. The Bertz CT molecular complexity index is 930. The Labute approximate surface area is 182 Å². The van der Waals surface area contributed by atoms with Crippen LogP contribution in [0.15, 0.2) is 66.7 Å². The summed E-state index contributed by atoms with van der Waals surface area (Å²) >= 11 is 0. The lowest BCUT2D eigenvalue weighted by Gasteiger charge is -2.53. The van der Waals surface area contributed by atoms with Crippen molar-refractivity contribution in [1.29, 1.82) is 0 Å². The van der Waals surface area contributed by atoms with Crippen LogP contribution in [0.1, 0.15) is 36.8 Å². The van der Waals surface area contributed by atoms with Gasteiger partial charge in [0.1, 0.15) is 5.75 Å². The molecule has 0 unspecified atom stereocenters. The van der Waals surface area contributed by atoms with Crippen LogP contribution in [-0.2, 0) is 21.4 Å². The van der Waals surface area contributed by atoms with Crippen LogP contribution in [0.4, 0.5) is 0 Å². The average molecular weight is 424 g/mol. The van der Waals surface area contributed by atoms with E-state index in [1.165, 1.54) is 29.5 Å². The van der Waals surface area contributed by atoms with Crippen molar-refractivity contribution >= 4 is 11.9 Å². The first-order valence-corrected chi connectivity index (χ1v) is 10.6. The number of nitrogens with zero attached hydrogens (tertiary/aromatic N) is 1. The minimum atomic E-state index is -1.82. The zero-order valence-corrected chi connectivity index (χ0v) is 17.5.